The fraction of sp³-hybridized carbons (Fsp3) is 0.583. The van der Waals surface area contributed by atoms with Crippen LogP contribution in [0.25, 0.3) is 0 Å². The summed E-state index contributed by atoms with van der Waals surface area (Å²) < 4.78 is 0. The first kappa shape index (κ1) is 19.9. The molecule has 2 aliphatic heterocycles. The molecule has 156 valence electrons. The smallest absolute Gasteiger partial charge is 0.0872 e. The molecule has 2 atom stereocenters. The van der Waals surface area contributed by atoms with Crippen LogP contribution < -0.4 is 4.90 Å². The fourth-order valence-corrected chi connectivity index (χ4v) is 6.06. The maximum Gasteiger partial charge on any atom is 0.0872 e. The number of hydrogen-bond acceptors (Lipinski definition) is 3. The van der Waals surface area contributed by atoms with Crippen LogP contribution in [0, 0.1) is 23.7 Å². The molecule has 3 fully saturated rings. The van der Waals surface area contributed by atoms with Crippen molar-refractivity contribution < 1.29 is 5.11 Å². The van der Waals surface area contributed by atoms with Crippen molar-refractivity contribution in [2.45, 2.75) is 32.3 Å². The Morgan fingerprint density at radius 3 is 2.34 bits per heavy atom. The van der Waals surface area contributed by atoms with Gasteiger partial charge in [-0.2, -0.15) is 0 Å². The lowest BCUT2D eigenvalue weighted by Crippen LogP contribution is -2.61. The van der Waals surface area contributed by atoms with E-state index < -0.39 is 5.60 Å². The number of hydrogen-bond donors (Lipinski definition) is 1. The van der Waals surface area contributed by atoms with E-state index in [0.717, 1.165) is 54.4 Å². The Balaban J connectivity index is 1.28. The maximum atomic E-state index is 10.1. The number of nitrogens with zero attached hydrogens (tertiary/aromatic N) is 2. The van der Waals surface area contributed by atoms with Crippen LogP contribution in [0.4, 0.5) is 5.69 Å². The number of aliphatic hydroxyl groups is 1. The van der Waals surface area contributed by atoms with Crippen molar-refractivity contribution in [3.05, 3.63) is 51.5 Å². The molecule has 0 radical (unpaired) electrons. The molecule has 5 heteroatoms. The number of rotatable bonds is 5. The molecule has 0 spiro atoms. The molecule has 2 heterocycles. The van der Waals surface area contributed by atoms with Crippen LogP contribution >= 0.6 is 23.2 Å². The van der Waals surface area contributed by atoms with E-state index in [-0.39, 0.29) is 0 Å². The number of para-hydroxylation sites is 1. The number of β-amino-alcohol motifs (C(OH)–C–C–N with tert-alkyl or cyclic N) is 1. The van der Waals surface area contributed by atoms with Crippen LogP contribution in [0.15, 0.2) is 41.5 Å². The Morgan fingerprint density at radius 2 is 1.76 bits per heavy atom. The van der Waals surface area contributed by atoms with Crippen LogP contribution in [-0.4, -0.2) is 48.3 Å². The second-order valence-electron chi connectivity index (χ2n) is 9.89. The molecule has 0 bridgehead atoms. The lowest BCUT2D eigenvalue weighted by molar-refractivity contribution is -0.0884. The highest BCUT2D eigenvalue weighted by atomic mass is 35.5. The lowest BCUT2D eigenvalue weighted by Gasteiger charge is -2.48. The lowest BCUT2D eigenvalue weighted by atomic mass is 9.74. The largest absolute Gasteiger partial charge is 0.388 e. The zero-order valence-electron chi connectivity index (χ0n) is 17.2. The first-order valence-corrected chi connectivity index (χ1v) is 11.6. The highest BCUT2D eigenvalue weighted by Crippen LogP contribution is 2.48. The first-order chi connectivity index (χ1) is 13.8. The second-order valence-corrected chi connectivity index (χ2v) is 10.7. The van der Waals surface area contributed by atoms with E-state index in [1.165, 1.54) is 18.4 Å². The molecular weight excluding hydrogens is 403 g/mol. The monoisotopic (exact) mass is 432 g/mol. The Labute approximate surface area is 184 Å². The zero-order chi connectivity index (χ0) is 20.3. The molecule has 1 aromatic carbocycles. The summed E-state index contributed by atoms with van der Waals surface area (Å²) in [7, 11) is 0. The van der Waals surface area contributed by atoms with Crippen LogP contribution in [0.5, 0.6) is 0 Å². The van der Waals surface area contributed by atoms with Gasteiger partial charge in [-0.25, -0.2) is 0 Å². The van der Waals surface area contributed by atoms with E-state index in [1.54, 1.807) is 5.57 Å². The molecule has 0 amide bonds. The van der Waals surface area contributed by atoms with Gasteiger partial charge in [-0.1, -0.05) is 53.9 Å². The van der Waals surface area contributed by atoms with Crippen molar-refractivity contribution >= 4 is 28.9 Å². The topological polar surface area (TPSA) is 26.7 Å². The van der Waals surface area contributed by atoms with Gasteiger partial charge in [0.1, 0.15) is 0 Å². The number of benzene rings is 1. The van der Waals surface area contributed by atoms with Crippen LogP contribution in [-0.2, 0) is 0 Å². The quantitative estimate of drug-likeness (QED) is 0.706. The van der Waals surface area contributed by atoms with Gasteiger partial charge in [-0.3, -0.25) is 4.90 Å². The van der Waals surface area contributed by atoms with Gasteiger partial charge in [0.15, 0.2) is 0 Å². The number of allylic oxidation sites excluding steroid dienone is 2. The minimum Gasteiger partial charge on any atom is -0.388 e. The van der Waals surface area contributed by atoms with E-state index in [0.29, 0.717) is 17.8 Å². The Morgan fingerprint density at radius 1 is 1.10 bits per heavy atom. The third-order valence-electron chi connectivity index (χ3n) is 7.09. The Hall–Kier alpha value is -1.00. The summed E-state index contributed by atoms with van der Waals surface area (Å²) >= 11 is 12.8. The molecule has 4 aliphatic rings. The van der Waals surface area contributed by atoms with Crippen molar-refractivity contribution in [1.29, 1.82) is 0 Å². The standard InChI is InChI=1S/C24H30Cl2N2O/c1-15-8-17(18-10-28(11-18)23-21(25)4-3-5-22(23)26)9-19(16-6-7-16)20(15)12-27-13-24(2,29)14-27/h3-5,8-9,15-16,18,20,29H,6-7,10-14H2,1-2H3. The molecule has 1 N–H and O–H groups in total. The van der Waals surface area contributed by atoms with Crippen molar-refractivity contribution in [3.63, 3.8) is 0 Å². The highest BCUT2D eigenvalue weighted by Gasteiger charge is 2.42. The van der Waals surface area contributed by atoms with Gasteiger partial charge in [0, 0.05) is 38.6 Å². The molecular formula is C24H30Cl2N2O. The van der Waals surface area contributed by atoms with Crippen LogP contribution in [0.3, 0.4) is 0 Å². The summed E-state index contributed by atoms with van der Waals surface area (Å²) in [6.45, 7) is 8.97. The van der Waals surface area contributed by atoms with E-state index in [4.69, 9.17) is 23.2 Å². The summed E-state index contributed by atoms with van der Waals surface area (Å²) in [5, 5.41) is 11.6. The van der Waals surface area contributed by atoms with Crippen molar-refractivity contribution in [3.8, 4) is 0 Å². The first-order valence-electron chi connectivity index (χ1n) is 10.9. The molecule has 3 nitrogen and oxygen atoms in total. The Kier molecular flexibility index (Phi) is 5.02. The van der Waals surface area contributed by atoms with Gasteiger partial charge in [0.2, 0.25) is 0 Å². The summed E-state index contributed by atoms with van der Waals surface area (Å²) in [5.74, 6) is 2.48. The minimum atomic E-state index is -0.488. The molecule has 2 saturated heterocycles. The van der Waals surface area contributed by atoms with Crippen molar-refractivity contribution in [2.24, 2.45) is 23.7 Å². The average Bonchev–Trinajstić information content (AvgIpc) is 3.41. The van der Waals surface area contributed by atoms with Crippen LogP contribution in [0.2, 0.25) is 10.0 Å². The van der Waals surface area contributed by atoms with E-state index in [2.05, 4.69) is 28.9 Å². The Bertz CT molecular complexity index is 839. The van der Waals surface area contributed by atoms with Crippen molar-refractivity contribution in [1.82, 2.24) is 4.90 Å². The molecule has 1 aromatic rings. The van der Waals surface area contributed by atoms with E-state index in [1.807, 2.05) is 25.1 Å². The van der Waals surface area contributed by atoms with Crippen molar-refractivity contribution in [2.75, 3.05) is 37.6 Å². The number of halogens is 2. The van der Waals surface area contributed by atoms with Gasteiger partial charge in [0.25, 0.3) is 0 Å². The summed E-state index contributed by atoms with van der Waals surface area (Å²) in [4.78, 5) is 4.72. The summed E-state index contributed by atoms with van der Waals surface area (Å²) in [5.41, 5.74) is 3.66. The predicted molar refractivity (Wildman–Crippen MR) is 121 cm³/mol. The molecule has 29 heavy (non-hydrogen) atoms. The molecule has 2 aliphatic carbocycles. The second kappa shape index (κ2) is 7.30. The van der Waals surface area contributed by atoms with E-state index in [9.17, 15) is 5.11 Å². The fourth-order valence-electron chi connectivity index (χ4n) is 5.42. The SMILES string of the molecule is CC1C=C(C2CN(c3c(Cl)cccc3Cl)C2)C=C(C2CC2)C1CN1CC(C)(O)C1. The molecule has 1 saturated carbocycles. The van der Waals surface area contributed by atoms with Gasteiger partial charge in [-0.15, -0.1) is 0 Å². The van der Waals surface area contributed by atoms with Gasteiger partial charge >= 0.3 is 0 Å². The average molecular weight is 433 g/mol. The normalized spacial score (nSPS) is 29.8. The molecule has 5 rings (SSSR count). The molecule has 2 unspecified atom stereocenters. The van der Waals surface area contributed by atoms with Crippen LogP contribution in [0.1, 0.15) is 26.7 Å². The summed E-state index contributed by atoms with van der Waals surface area (Å²) in [6, 6.07) is 5.74. The zero-order valence-corrected chi connectivity index (χ0v) is 18.8. The number of likely N-dealkylation sites (tertiary alicyclic amines) is 1. The van der Waals surface area contributed by atoms with Gasteiger partial charge in [0.05, 0.1) is 21.3 Å². The predicted octanol–water partition coefficient (Wildman–Crippen LogP) is 5.02. The van der Waals surface area contributed by atoms with Gasteiger partial charge < -0.3 is 10.0 Å². The maximum absolute atomic E-state index is 10.1. The summed E-state index contributed by atoms with van der Waals surface area (Å²) in [6.07, 6.45) is 7.71. The number of anilines is 1. The van der Waals surface area contributed by atoms with E-state index >= 15 is 0 Å². The minimum absolute atomic E-state index is 0.488. The highest BCUT2D eigenvalue weighted by molar-refractivity contribution is 6.39. The third kappa shape index (κ3) is 3.87. The third-order valence-corrected chi connectivity index (χ3v) is 7.70. The molecule has 0 aromatic heterocycles. The van der Waals surface area contributed by atoms with Gasteiger partial charge in [-0.05, 0) is 55.2 Å².